The molecule has 1 heterocycles. The molecule has 0 saturated carbocycles. The van der Waals surface area contributed by atoms with E-state index in [2.05, 4.69) is 24.5 Å². The van der Waals surface area contributed by atoms with Crippen molar-refractivity contribution in [3.63, 3.8) is 0 Å². The summed E-state index contributed by atoms with van der Waals surface area (Å²) >= 11 is 2.65. The van der Waals surface area contributed by atoms with E-state index in [1.165, 1.54) is 0 Å². The maximum absolute atomic E-state index is 12.2. The van der Waals surface area contributed by atoms with Crippen molar-refractivity contribution in [1.82, 2.24) is 0 Å². The Morgan fingerprint density at radius 2 is 2.17 bits per heavy atom. The Morgan fingerprint density at radius 1 is 1.50 bits per heavy atom. The van der Waals surface area contributed by atoms with Crippen LogP contribution in [-0.2, 0) is 13.6 Å². The van der Waals surface area contributed by atoms with Gasteiger partial charge in [0.05, 0.1) is 13.3 Å². The molecule has 0 spiro atoms. The molecule has 72 valence electrons. The van der Waals surface area contributed by atoms with Gasteiger partial charge in [0.1, 0.15) is 12.8 Å². The molecule has 0 aliphatic carbocycles. The summed E-state index contributed by atoms with van der Waals surface area (Å²) in [6.45, 7) is -1.66. The lowest BCUT2D eigenvalue weighted by atomic mass is 10.1. The Hall–Kier alpha value is 0.490. The molecule has 0 aromatic rings. The van der Waals surface area contributed by atoms with Crippen LogP contribution in [-0.4, -0.2) is 26.1 Å². The van der Waals surface area contributed by atoms with Gasteiger partial charge in [0.15, 0.2) is 0 Å². The van der Waals surface area contributed by atoms with Gasteiger partial charge in [-0.3, -0.25) is 8.91 Å². The predicted molar refractivity (Wildman–Crippen MR) is 42.8 cm³/mol. The fourth-order valence-electron chi connectivity index (χ4n) is 0.868. The third-order valence-electron chi connectivity index (χ3n) is 1.58. The van der Waals surface area contributed by atoms with E-state index in [4.69, 9.17) is 0 Å². The van der Waals surface area contributed by atoms with Gasteiger partial charge in [0.2, 0.25) is 0 Å². The van der Waals surface area contributed by atoms with Gasteiger partial charge >= 0.3 is 6.30 Å². The average Bonchev–Trinajstić information content (AvgIpc) is 2.03. The zero-order valence-electron chi connectivity index (χ0n) is 6.08. The summed E-state index contributed by atoms with van der Waals surface area (Å²) in [4.78, 5) is 0. The number of rotatable bonds is 2. The Balaban J connectivity index is 2.59. The smallest absolute Gasteiger partial charge is 0.300 e. The van der Waals surface area contributed by atoms with Crippen LogP contribution in [0, 0.1) is 5.92 Å². The van der Waals surface area contributed by atoms with Gasteiger partial charge < -0.3 is 4.52 Å². The monoisotopic (exact) mass is 264 g/mol. The molecule has 1 aliphatic heterocycles. The molecule has 7 heteroatoms. The molecule has 1 saturated heterocycles. The van der Waals surface area contributed by atoms with Gasteiger partial charge in [0.25, 0.3) is 0 Å². The van der Waals surface area contributed by atoms with Crippen molar-refractivity contribution in [2.75, 3.05) is 20.0 Å². The van der Waals surface area contributed by atoms with Crippen LogP contribution in [0.2, 0.25) is 0 Å². The molecule has 3 atom stereocenters. The van der Waals surface area contributed by atoms with Gasteiger partial charge in [0, 0.05) is 21.4 Å². The number of hydrogen-bond donors (Lipinski definition) is 0. The summed E-state index contributed by atoms with van der Waals surface area (Å²) in [6.07, 6.45) is -4.27. The highest BCUT2D eigenvalue weighted by Crippen LogP contribution is 2.60. The first-order valence-electron chi connectivity index (χ1n) is 3.33. The SMILES string of the molecule is O=P1(Br)OCC(CF)C(CF)O1. The molecule has 1 rings (SSSR count). The Bertz CT molecular complexity index is 203. The summed E-state index contributed by atoms with van der Waals surface area (Å²) in [5.74, 6) is -0.658. The van der Waals surface area contributed by atoms with Gasteiger partial charge in [-0.2, -0.15) is 0 Å². The van der Waals surface area contributed by atoms with E-state index in [9.17, 15) is 13.3 Å². The fourth-order valence-corrected chi connectivity index (χ4v) is 2.85. The van der Waals surface area contributed by atoms with Gasteiger partial charge in [-0.25, -0.2) is 8.96 Å². The molecular weight excluding hydrogens is 257 g/mol. The van der Waals surface area contributed by atoms with Gasteiger partial charge in [-0.05, 0) is 0 Å². The second-order valence-electron chi connectivity index (χ2n) is 2.44. The lowest BCUT2D eigenvalue weighted by Crippen LogP contribution is -2.33. The topological polar surface area (TPSA) is 35.5 Å². The standard InChI is InChI=1S/C5H8BrF2O3P/c6-12(9)10-3-4(1-7)5(2-8)11-12/h4-5H,1-3H2. The Labute approximate surface area is 76.7 Å². The minimum absolute atomic E-state index is 0.0758. The van der Waals surface area contributed by atoms with Crippen LogP contribution in [0.1, 0.15) is 0 Å². The van der Waals surface area contributed by atoms with E-state index < -0.39 is 31.7 Å². The first-order valence-corrected chi connectivity index (χ1v) is 6.90. The molecule has 3 unspecified atom stereocenters. The minimum atomic E-state index is -3.30. The average molecular weight is 265 g/mol. The molecule has 0 bridgehead atoms. The zero-order valence-corrected chi connectivity index (χ0v) is 8.56. The summed E-state index contributed by atoms with van der Waals surface area (Å²) in [5.41, 5.74) is 0. The lowest BCUT2D eigenvalue weighted by Gasteiger charge is -2.30. The second kappa shape index (κ2) is 4.13. The minimum Gasteiger partial charge on any atom is -0.300 e. The van der Waals surface area contributed by atoms with Crippen molar-refractivity contribution in [1.29, 1.82) is 0 Å². The van der Waals surface area contributed by atoms with E-state index in [0.29, 0.717) is 0 Å². The summed E-state index contributed by atoms with van der Waals surface area (Å²) < 4.78 is 44.7. The fraction of sp³-hybridized carbons (Fsp3) is 1.00. The quantitative estimate of drug-likeness (QED) is 0.719. The van der Waals surface area contributed by atoms with Crippen molar-refractivity contribution in [2.45, 2.75) is 6.10 Å². The molecular formula is C5H8BrF2O3P. The van der Waals surface area contributed by atoms with Crippen molar-refractivity contribution >= 4 is 21.8 Å². The zero-order chi connectivity index (χ0) is 9.19. The van der Waals surface area contributed by atoms with E-state index in [0.717, 1.165) is 0 Å². The molecule has 0 amide bonds. The number of alkyl halides is 2. The van der Waals surface area contributed by atoms with Crippen LogP contribution in [0.3, 0.4) is 0 Å². The van der Waals surface area contributed by atoms with E-state index in [-0.39, 0.29) is 6.61 Å². The first kappa shape index (κ1) is 10.6. The third-order valence-corrected chi connectivity index (χ3v) is 3.68. The summed E-state index contributed by atoms with van der Waals surface area (Å²) in [5, 5.41) is 0. The van der Waals surface area contributed by atoms with Crippen molar-refractivity contribution in [3.8, 4) is 0 Å². The van der Waals surface area contributed by atoms with Crippen LogP contribution in [0.4, 0.5) is 8.78 Å². The van der Waals surface area contributed by atoms with Crippen LogP contribution < -0.4 is 0 Å². The van der Waals surface area contributed by atoms with Crippen LogP contribution in [0.5, 0.6) is 0 Å². The second-order valence-corrected chi connectivity index (χ2v) is 6.38. The lowest BCUT2D eigenvalue weighted by molar-refractivity contribution is 0.0110. The molecule has 12 heavy (non-hydrogen) atoms. The molecule has 1 fully saturated rings. The van der Waals surface area contributed by atoms with Crippen molar-refractivity contribution in [2.24, 2.45) is 5.92 Å². The van der Waals surface area contributed by atoms with E-state index in [1.807, 2.05) is 0 Å². The maximum Gasteiger partial charge on any atom is 0.396 e. The van der Waals surface area contributed by atoms with Crippen LogP contribution in [0.25, 0.3) is 0 Å². The molecule has 3 nitrogen and oxygen atoms in total. The normalized spacial score (nSPS) is 42.9. The summed E-state index contributed by atoms with van der Waals surface area (Å²) in [6, 6.07) is 0. The number of halogens is 3. The Morgan fingerprint density at radius 3 is 2.67 bits per heavy atom. The molecule has 1 aliphatic rings. The molecule has 0 radical (unpaired) electrons. The number of hydrogen-bond acceptors (Lipinski definition) is 3. The highest BCUT2D eigenvalue weighted by Gasteiger charge is 2.37. The molecule has 0 aromatic heterocycles. The molecule has 0 aromatic carbocycles. The van der Waals surface area contributed by atoms with Crippen molar-refractivity contribution < 1.29 is 22.4 Å². The third kappa shape index (κ3) is 2.49. The van der Waals surface area contributed by atoms with Crippen LogP contribution in [0.15, 0.2) is 0 Å². The highest BCUT2D eigenvalue weighted by molar-refractivity contribution is 9.39. The summed E-state index contributed by atoms with van der Waals surface area (Å²) in [7, 11) is 0. The highest BCUT2D eigenvalue weighted by atomic mass is 79.9. The van der Waals surface area contributed by atoms with Gasteiger partial charge in [-0.15, -0.1) is 0 Å². The van der Waals surface area contributed by atoms with E-state index in [1.54, 1.807) is 0 Å². The Kier molecular flexibility index (Phi) is 3.64. The predicted octanol–water partition coefficient (Wildman–Crippen LogP) is 2.46. The van der Waals surface area contributed by atoms with Crippen molar-refractivity contribution in [3.05, 3.63) is 0 Å². The maximum atomic E-state index is 12.2. The van der Waals surface area contributed by atoms with Crippen LogP contribution >= 0.6 is 21.8 Å². The first-order chi connectivity index (χ1) is 5.59. The molecule has 0 N–H and O–H groups in total. The van der Waals surface area contributed by atoms with Gasteiger partial charge in [-0.1, -0.05) is 0 Å². The van der Waals surface area contributed by atoms with E-state index >= 15 is 0 Å². The largest absolute Gasteiger partial charge is 0.396 e.